The van der Waals surface area contributed by atoms with Crippen molar-refractivity contribution < 1.29 is 8.42 Å². The summed E-state index contributed by atoms with van der Waals surface area (Å²) in [7, 11) is -3.64. The molecule has 0 heterocycles. The third kappa shape index (κ3) is 4.18. The van der Waals surface area contributed by atoms with Gasteiger partial charge in [0.15, 0.2) is 0 Å². The first-order chi connectivity index (χ1) is 8.69. The van der Waals surface area contributed by atoms with Crippen LogP contribution in [0.5, 0.6) is 0 Å². The molecular weight excluding hydrogens is 396 g/mol. The summed E-state index contributed by atoms with van der Waals surface area (Å²) in [6.07, 6.45) is 0.903. The summed E-state index contributed by atoms with van der Waals surface area (Å²) in [5.41, 5.74) is 6.03. The fourth-order valence-corrected chi connectivity index (χ4v) is 5.06. The van der Waals surface area contributed by atoms with Crippen molar-refractivity contribution in [2.45, 2.75) is 38.1 Å². The summed E-state index contributed by atoms with van der Waals surface area (Å²) in [5, 5.41) is 0. The van der Waals surface area contributed by atoms with Crippen LogP contribution in [0.4, 0.5) is 5.69 Å². The van der Waals surface area contributed by atoms with Crippen molar-refractivity contribution in [1.29, 1.82) is 0 Å². The Hall–Kier alpha value is -0.110. The smallest absolute Gasteiger partial charge is 0.243 e. The van der Waals surface area contributed by atoms with E-state index < -0.39 is 10.0 Å². The third-order valence-electron chi connectivity index (χ3n) is 3.14. The highest BCUT2D eigenvalue weighted by Gasteiger charge is 2.25. The number of anilines is 1. The van der Waals surface area contributed by atoms with E-state index >= 15 is 0 Å². The predicted octanol–water partition coefficient (Wildman–Crippen LogP) is 3.51. The molecule has 0 saturated heterocycles. The summed E-state index contributed by atoms with van der Waals surface area (Å²) < 4.78 is 28.6. The van der Waals surface area contributed by atoms with Gasteiger partial charge in [-0.15, -0.1) is 0 Å². The molecule has 0 amide bonds. The van der Waals surface area contributed by atoms with Gasteiger partial charge in [-0.1, -0.05) is 36.2 Å². The molecule has 2 unspecified atom stereocenters. The minimum absolute atomic E-state index is 0.0888. The van der Waals surface area contributed by atoms with E-state index in [0.717, 1.165) is 10.9 Å². The van der Waals surface area contributed by atoms with Gasteiger partial charge in [-0.3, -0.25) is 0 Å². The molecule has 3 N–H and O–H groups in total. The predicted molar refractivity (Wildman–Crippen MR) is 85.5 cm³/mol. The van der Waals surface area contributed by atoms with Gasteiger partial charge in [-0.05, 0) is 40.9 Å². The molecule has 0 saturated carbocycles. The van der Waals surface area contributed by atoms with Crippen LogP contribution in [0.25, 0.3) is 0 Å². The van der Waals surface area contributed by atoms with E-state index in [-0.39, 0.29) is 22.5 Å². The van der Waals surface area contributed by atoms with Gasteiger partial charge in [0.05, 0.1) is 5.69 Å². The summed E-state index contributed by atoms with van der Waals surface area (Å²) in [4.78, 5) is 0.0888. The molecule has 1 aromatic carbocycles. The zero-order valence-electron chi connectivity index (χ0n) is 11.1. The molecule has 0 radical (unpaired) electrons. The number of nitrogens with two attached hydrogens (primary N) is 1. The van der Waals surface area contributed by atoms with E-state index in [1.807, 2.05) is 20.8 Å². The van der Waals surface area contributed by atoms with Crippen molar-refractivity contribution in [3.05, 3.63) is 21.1 Å². The number of nitrogens with one attached hydrogen (secondary N) is 1. The Bertz CT molecular complexity index is 538. The molecule has 0 fully saturated rings. The summed E-state index contributed by atoms with van der Waals surface area (Å²) in [6, 6.07) is 3.09. The molecule has 4 nitrogen and oxygen atoms in total. The second-order valence-electron chi connectivity index (χ2n) is 4.60. The zero-order chi connectivity index (χ0) is 14.8. The van der Waals surface area contributed by atoms with Crippen LogP contribution in [0.15, 0.2) is 26.0 Å². The van der Waals surface area contributed by atoms with Gasteiger partial charge in [0.25, 0.3) is 0 Å². The van der Waals surface area contributed by atoms with E-state index in [9.17, 15) is 8.42 Å². The number of hydrogen-bond donors (Lipinski definition) is 2. The van der Waals surface area contributed by atoms with E-state index in [1.165, 1.54) is 0 Å². The number of rotatable bonds is 5. The fourth-order valence-electron chi connectivity index (χ4n) is 1.64. The van der Waals surface area contributed by atoms with Crippen LogP contribution in [-0.4, -0.2) is 14.5 Å². The topological polar surface area (TPSA) is 72.2 Å². The summed E-state index contributed by atoms with van der Waals surface area (Å²) in [6.45, 7) is 5.89. The second-order valence-corrected chi connectivity index (χ2v) is 8.02. The molecule has 0 aliphatic rings. The van der Waals surface area contributed by atoms with E-state index in [0.29, 0.717) is 4.47 Å². The number of benzene rings is 1. The van der Waals surface area contributed by atoms with Crippen molar-refractivity contribution >= 4 is 47.6 Å². The number of halogens is 2. The van der Waals surface area contributed by atoms with Gasteiger partial charge in [-0.25, -0.2) is 13.1 Å². The monoisotopic (exact) mass is 412 g/mol. The van der Waals surface area contributed by atoms with Crippen LogP contribution in [0.3, 0.4) is 0 Å². The van der Waals surface area contributed by atoms with Crippen LogP contribution in [0.2, 0.25) is 0 Å². The lowest BCUT2D eigenvalue weighted by atomic mass is 10.0. The molecule has 2 atom stereocenters. The molecule has 0 aliphatic heterocycles. The van der Waals surface area contributed by atoms with Crippen molar-refractivity contribution in [3.63, 3.8) is 0 Å². The minimum atomic E-state index is -3.64. The number of nitrogen functional groups attached to an aromatic ring is 1. The standard InChI is InChI=1S/C12H18Br2N2O2S/c1-4-7(2)8(3)16-19(17,18)12-10(14)5-9(13)6-11(12)15/h5-8,16H,4,15H2,1-3H3. The molecule has 19 heavy (non-hydrogen) atoms. The summed E-state index contributed by atoms with van der Waals surface area (Å²) >= 11 is 6.52. The van der Waals surface area contributed by atoms with Crippen LogP contribution < -0.4 is 10.5 Å². The lowest BCUT2D eigenvalue weighted by Gasteiger charge is -2.21. The average Bonchev–Trinajstić information content (AvgIpc) is 2.24. The largest absolute Gasteiger partial charge is 0.398 e. The highest BCUT2D eigenvalue weighted by atomic mass is 79.9. The normalized spacial score (nSPS) is 15.2. The van der Waals surface area contributed by atoms with Gasteiger partial charge >= 0.3 is 0 Å². The van der Waals surface area contributed by atoms with Crippen molar-refractivity contribution in [2.24, 2.45) is 5.92 Å². The quantitative estimate of drug-likeness (QED) is 0.725. The Morgan fingerprint density at radius 2 is 1.89 bits per heavy atom. The maximum atomic E-state index is 12.4. The average molecular weight is 414 g/mol. The van der Waals surface area contributed by atoms with Crippen LogP contribution in [-0.2, 0) is 10.0 Å². The van der Waals surface area contributed by atoms with E-state index in [1.54, 1.807) is 12.1 Å². The summed E-state index contributed by atoms with van der Waals surface area (Å²) in [5.74, 6) is 0.255. The van der Waals surface area contributed by atoms with Crippen molar-refractivity contribution in [3.8, 4) is 0 Å². The van der Waals surface area contributed by atoms with Gasteiger partial charge in [0.2, 0.25) is 10.0 Å². The van der Waals surface area contributed by atoms with Gasteiger partial charge in [-0.2, -0.15) is 0 Å². The Morgan fingerprint density at radius 1 is 1.32 bits per heavy atom. The Labute approximate surface area is 131 Å². The highest BCUT2D eigenvalue weighted by molar-refractivity contribution is 9.11. The maximum Gasteiger partial charge on any atom is 0.243 e. The minimum Gasteiger partial charge on any atom is -0.398 e. The van der Waals surface area contributed by atoms with Crippen LogP contribution in [0.1, 0.15) is 27.2 Å². The fraction of sp³-hybridized carbons (Fsp3) is 0.500. The molecule has 108 valence electrons. The Balaban J connectivity index is 3.15. The zero-order valence-corrected chi connectivity index (χ0v) is 15.1. The Kier molecular flexibility index (Phi) is 5.85. The van der Waals surface area contributed by atoms with Crippen LogP contribution in [0, 0.1) is 5.92 Å². The van der Waals surface area contributed by atoms with Crippen molar-refractivity contribution in [1.82, 2.24) is 4.72 Å². The molecule has 0 spiro atoms. The second kappa shape index (κ2) is 6.56. The molecular formula is C12H18Br2N2O2S. The number of hydrogen-bond acceptors (Lipinski definition) is 3. The van der Waals surface area contributed by atoms with Gasteiger partial charge in [0.1, 0.15) is 4.90 Å². The maximum absolute atomic E-state index is 12.4. The first-order valence-corrected chi connectivity index (χ1v) is 9.02. The molecule has 0 aromatic heterocycles. The Morgan fingerprint density at radius 3 is 2.37 bits per heavy atom. The SMILES string of the molecule is CCC(C)C(C)NS(=O)(=O)c1c(N)cc(Br)cc1Br. The molecule has 7 heteroatoms. The molecule has 1 rings (SSSR count). The highest BCUT2D eigenvalue weighted by Crippen LogP contribution is 2.31. The first-order valence-electron chi connectivity index (χ1n) is 5.95. The van der Waals surface area contributed by atoms with Gasteiger partial charge < -0.3 is 5.73 Å². The number of sulfonamides is 1. The van der Waals surface area contributed by atoms with Gasteiger partial charge in [0, 0.05) is 15.0 Å². The van der Waals surface area contributed by atoms with Crippen molar-refractivity contribution in [2.75, 3.05) is 5.73 Å². The lowest BCUT2D eigenvalue weighted by Crippen LogP contribution is -2.37. The van der Waals surface area contributed by atoms with E-state index in [4.69, 9.17) is 5.73 Å². The van der Waals surface area contributed by atoms with Crippen LogP contribution >= 0.6 is 31.9 Å². The first kappa shape index (κ1) is 16.9. The molecule has 1 aromatic rings. The lowest BCUT2D eigenvalue weighted by molar-refractivity contribution is 0.434. The molecule has 0 bridgehead atoms. The van der Waals surface area contributed by atoms with E-state index in [2.05, 4.69) is 36.6 Å². The third-order valence-corrected chi connectivity index (χ3v) is 6.17. The molecule has 0 aliphatic carbocycles.